The van der Waals surface area contributed by atoms with E-state index in [4.69, 9.17) is 11.6 Å². The van der Waals surface area contributed by atoms with Crippen LogP contribution < -0.4 is 10.6 Å². The van der Waals surface area contributed by atoms with Crippen LogP contribution in [0.5, 0.6) is 0 Å². The molecule has 32 heavy (non-hydrogen) atoms. The fourth-order valence-electron chi connectivity index (χ4n) is 3.15. The van der Waals surface area contributed by atoms with Crippen molar-refractivity contribution in [3.05, 3.63) is 63.9 Å². The number of halogens is 2. The molecule has 0 spiro atoms. The van der Waals surface area contributed by atoms with Crippen LogP contribution in [0, 0.1) is 29.0 Å². The van der Waals surface area contributed by atoms with Crippen molar-refractivity contribution in [1.82, 2.24) is 10.6 Å². The van der Waals surface area contributed by atoms with Gasteiger partial charge in [0.1, 0.15) is 11.5 Å². The summed E-state index contributed by atoms with van der Waals surface area (Å²) < 4.78 is 16.0. The fraction of sp³-hybridized carbons (Fsp3) is 0.320. The molecule has 3 amide bonds. The Morgan fingerprint density at radius 3 is 2.62 bits per heavy atom. The number of benzene rings is 2. The molecule has 0 atom stereocenters. The van der Waals surface area contributed by atoms with Crippen LogP contribution in [-0.2, 0) is 11.3 Å². The van der Waals surface area contributed by atoms with E-state index < -0.39 is 11.2 Å². The topological polar surface area (TPSA) is 61.2 Å². The van der Waals surface area contributed by atoms with Gasteiger partial charge in [0.2, 0.25) is 11.7 Å². The van der Waals surface area contributed by atoms with E-state index in [-0.39, 0.29) is 11.9 Å². The molecule has 0 unspecified atom stereocenters. The lowest BCUT2D eigenvalue weighted by atomic mass is 9.95. The van der Waals surface area contributed by atoms with Gasteiger partial charge in [0, 0.05) is 17.9 Å². The molecule has 5 nitrogen and oxygen atoms in total. The second-order valence-electron chi connectivity index (χ2n) is 9.07. The molecule has 0 radical (unpaired) electrons. The van der Waals surface area contributed by atoms with Crippen LogP contribution in [0.15, 0.2) is 36.4 Å². The zero-order chi connectivity index (χ0) is 23.0. The summed E-state index contributed by atoms with van der Waals surface area (Å²) in [4.78, 5) is 24.5. The monoisotopic (exact) mass is 452 g/mol. The Balaban J connectivity index is 1.62. The molecule has 2 N–H and O–H groups in total. The van der Waals surface area contributed by atoms with E-state index in [9.17, 15) is 14.0 Å². The van der Waals surface area contributed by atoms with Crippen LogP contribution in [0.4, 0.5) is 14.9 Å². The summed E-state index contributed by atoms with van der Waals surface area (Å²) >= 11 is 6.38. The molecule has 0 bridgehead atoms. The second kappa shape index (κ2) is 8.40. The lowest BCUT2D eigenvalue weighted by Gasteiger charge is -2.22. The van der Waals surface area contributed by atoms with Crippen molar-refractivity contribution in [2.24, 2.45) is 11.3 Å². The van der Waals surface area contributed by atoms with Gasteiger partial charge in [0.15, 0.2) is 0 Å². The molecule has 1 heterocycles. The van der Waals surface area contributed by atoms with E-state index in [1.165, 1.54) is 10.6 Å². The van der Waals surface area contributed by atoms with Crippen LogP contribution in [-0.4, -0.2) is 22.3 Å². The average Bonchev–Trinajstić information content (AvgIpc) is 3.55. The SMILES string of the molecule is CC(C)(C)C(=O)NCc1ccc(Cl)c([N+]2=C(c3ccc(C#CC4CC4)c(F)c3)NC2=O)c1. The number of rotatable bonds is 4. The summed E-state index contributed by atoms with van der Waals surface area (Å²) in [5.74, 6) is 6.24. The molecule has 0 aromatic heterocycles. The van der Waals surface area contributed by atoms with Gasteiger partial charge >= 0.3 is 6.03 Å². The predicted octanol–water partition coefficient (Wildman–Crippen LogP) is 4.72. The molecule has 1 aliphatic carbocycles. The van der Waals surface area contributed by atoms with E-state index in [1.807, 2.05) is 20.8 Å². The number of carbonyl (C=O) groups excluding carboxylic acids is 2. The largest absolute Gasteiger partial charge is 0.448 e. The molecule has 1 aliphatic heterocycles. The zero-order valence-electron chi connectivity index (χ0n) is 18.2. The summed E-state index contributed by atoms with van der Waals surface area (Å²) in [6.45, 7) is 5.81. The summed E-state index contributed by atoms with van der Waals surface area (Å²) in [5, 5.41) is 5.96. The highest BCUT2D eigenvalue weighted by atomic mass is 35.5. The predicted molar refractivity (Wildman–Crippen MR) is 121 cm³/mol. The van der Waals surface area contributed by atoms with Crippen molar-refractivity contribution >= 4 is 35.1 Å². The molecule has 7 heteroatoms. The average molecular weight is 453 g/mol. The molecule has 1 fully saturated rings. The summed E-state index contributed by atoms with van der Waals surface area (Å²) in [6.07, 6.45) is 2.15. The van der Waals surface area contributed by atoms with E-state index in [0.717, 1.165) is 18.4 Å². The van der Waals surface area contributed by atoms with Crippen molar-refractivity contribution < 1.29 is 18.6 Å². The first-order valence-corrected chi connectivity index (χ1v) is 10.9. The Labute approximate surface area is 191 Å². The van der Waals surface area contributed by atoms with Crippen LogP contribution in [0.2, 0.25) is 5.02 Å². The van der Waals surface area contributed by atoms with Crippen molar-refractivity contribution in [3.63, 3.8) is 0 Å². The van der Waals surface area contributed by atoms with Crippen molar-refractivity contribution in [1.29, 1.82) is 0 Å². The molecule has 4 rings (SSSR count). The van der Waals surface area contributed by atoms with E-state index in [1.54, 1.807) is 30.3 Å². The lowest BCUT2D eigenvalue weighted by molar-refractivity contribution is -0.356. The van der Waals surface area contributed by atoms with Gasteiger partial charge in [-0.05, 0) is 48.7 Å². The summed E-state index contributed by atoms with van der Waals surface area (Å²) in [7, 11) is 0. The molecular weight excluding hydrogens is 429 g/mol. The third kappa shape index (κ3) is 4.68. The van der Waals surface area contributed by atoms with Crippen molar-refractivity contribution in [2.45, 2.75) is 40.2 Å². The van der Waals surface area contributed by atoms with Gasteiger partial charge < -0.3 is 5.32 Å². The Kier molecular flexibility index (Phi) is 5.79. The van der Waals surface area contributed by atoms with Gasteiger partial charge in [-0.3, -0.25) is 4.79 Å². The highest BCUT2D eigenvalue weighted by Gasteiger charge is 2.36. The van der Waals surface area contributed by atoms with Crippen LogP contribution >= 0.6 is 11.6 Å². The zero-order valence-corrected chi connectivity index (χ0v) is 18.9. The summed E-state index contributed by atoms with van der Waals surface area (Å²) in [6, 6.07) is 9.56. The minimum absolute atomic E-state index is 0.0803. The standard InChI is InChI=1S/C25H23ClFN3O2/c1-25(2,3)23(31)28-14-16-7-11-19(26)21(12-16)30-22(29-24(30)32)18-10-9-17(20(27)13-18)8-6-15-4-5-15/h7,9-13,15H,4-5,14H2,1-3H3,(H,28,31)/p+1. The van der Waals surface area contributed by atoms with Gasteiger partial charge in [-0.1, -0.05) is 50.3 Å². The lowest BCUT2D eigenvalue weighted by Crippen LogP contribution is -2.53. The summed E-state index contributed by atoms with van der Waals surface area (Å²) in [5.41, 5.74) is 1.60. The van der Waals surface area contributed by atoms with E-state index >= 15 is 0 Å². The molecule has 2 aromatic carbocycles. The van der Waals surface area contributed by atoms with Crippen molar-refractivity contribution in [3.8, 4) is 11.8 Å². The van der Waals surface area contributed by atoms with E-state index in [2.05, 4.69) is 22.5 Å². The minimum atomic E-state index is -0.507. The number of carbonyl (C=O) groups is 2. The van der Waals surface area contributed by atoms with E-state index in [0.29, 0.717) is 40.1 Å². The number of hydrogen-bond donors (Lipinski definition) is 2. The number of urea groups is 1. The Morgan fingerprint density at radius 1 is 1.25 bits per heavy atom. The third-order valence-electron chi connectivity index (χ3n) is 5.27. The number of hydrogen-bond acceptors (Lipinski definition) is 2. The smallest absolute Gasteiger partial charge is 0.352 e. The first-order chi connectivity index (χ1) is 15.1. The molecule has 164 valence electrons. The van der Waals surface area contributed by atoms with Crippen LogP contribution in [0.1, 0.15) is 50.3 Å². The van der Waals surface area contributed by atoms with Crippen molar-refractivity contribution in [2.75, 3.05) is 0 Å². The molecule has 2 aromatic rings. The minimum Gasteiger partial charge on any atom is -0.352 e. The molecule has 0 saturated heterocycles. The third-order valence-corrected chi connectivity index (χ3v) is 5.59. The fourth-order valence-corrected chi connectivity index (χ4v) is 3.35. The number of nitrogens with zero attached hydrogens (tertiary/aromatic N) is 1. The second-order valence-corrected chi connectivity index (χ2v) is 9.48. The Hall–Kier alpha value is -3.17. The van der Waals surface area contributed by atoms with Gasteiger partial charge in [0.25, 0.3) is 0 Å². The highest BCUT2D eigenvalue weighted by Crippen LogP contribution is 2.30. The number of nitrogens with one attached hydrogen (secondary N) is 2. The Bertz CT molecular complexity index is 1210. The van der Waals surface area contributed by atoms with Gasteiger partial charge in [-0.25, -0.2) is 14.5 Å². The molecule has 2 aliphatic rings. The Morgan fingerprint density at radius 2 is 2.00 bits per heavy atom. The molecule has 1 saturated carbocycles. The number of amidine groups is 1. The molecular formula is C25H24ClFN3O2+. The van der Waals surface area contributed by atoms with Crippen LogP contribution in [0.25, 0.3) is 0 Å². The maximum Gasteiger partial charge on any atom is 0.448 e. The normalized spacial score (nSPS) is 15.5. The van der Waals surface area contributed by atoms with Gasteiger partial charge in [-0.15, -0.1) is 0 Å². The highest BCUT2D eigenvalue weighted by molar-refractivity contribution is 6.33. The van der Waals surface area contributed by atoms with Gasteiger partial charge in [-0.2, -0.15) is 4.58 Å². The van der Waals surface area contributed by atoms with Gasteiger partial charge in [0.05, 0.1) is 16.1 Å². The first-order valence-electron chi connectivity index (χ1n) is 10.5. The van der Waals surface area contributed by atoms with Crippen LogP contribution in [0.3, 0.4) is 0 Å². The first kappa shape index (κ1) is 22.0. The maximum atomic E-state index is 14.6. The maximum absolute atomic E-state index is 14.6. The quantitative estimate of drug-likeness (QED) is 0.521. The number of amides is 3.